The molecule has 0 saturated heterocycles. The Kier molecular flexibility index (Phi) is 6.76. The van der Waals surface area contributed by atoms with Crippen molar-refractivity contribution in [3.63, 3.8) is 0 Å². The molecule has 0 unspecified atom stereocenters. The lowest BCUT2D eigenvalue weighted by molar-refractivity contribution is -0.140. The summed E-state index contributed by atoms with van der Waals surface area (Å²) in [5.41, 5.74) is 1.51. The standard InChI is InChI=1S/C19H22O6S/c1-3-24-18(12-19(20)21)15-7-9-16(10-8-15)25-13-14-5-4-6-17(11-14)26(2,22)23/h4-11,18H,3,12-13H2,1-2H3,(H,20,21)/t18-/m0/s1. The van der Waals surface area contributed by atoms with Gasteiger partial charge in [-0.15, -0.1) is 0 Å². The molecule has 0 spiro atoms. The first-order chi connectivity index (χ1) is 12.3. The molecule has 0 amide bonds. The van der Waals surface area contributed by atoms with Crippen molar-refractivity contribution in [3.05, 3.63) is 59.7 Å². The van der Waals surface area contributed by atoms with Gasteiger partial charge in [0.2, 0.25) is 0 Å². The Morgan fingerprint density at radius 2 is 1.85 bits per heavy atom. The molecule has 6 nitrogen and oxygen atoms in total. The number of aliphatic carboxylic acids is 1. The lowest BCUT2D eigenvalue weighted by Gasteiger charge is -2.16. The highest BCUT2D eigenvalue weighted by atomic mass is 32.2. The summed E-state index contributed by atoms with van der Waals surface area (Å²) in [5, 5.41) is 8.97. The van der Waals surface area contributed by atoms with E-state index >= 15 is 0 Å². The van der Waals surface area contributed by atoms with E-state index in [1.54, 1.807) is 48.5 Å². The minimum Gasteiger partial charge on any atom is -0.489 e. The molecule has 0 fully saturated rings. The maximum absolute atomic E-state index is 11.6. The molecule has 0 bridgehead atoms. The SMILES string of the molecule is CCO[C@@H](CC(=O)O)c1ccc(OCc2cccc(S(C)(=O)=O)c2)cc1. The van der Waals surface area contributed by atoms with Crippen LogP contribution in [-0.2, 0) is 26.0 Å². The van der Waals surface area contributed by atoms with E-state index < -0.39 is 21.9 Å². The van der Waals surface area contributed by atoms with Crippen molar-refractivity contribution in [2.75, 3.05) is 12.9 Å². The van der Waals surface area contributed by atoms with E-state index in [4.69, 9.17) is 14.6 Å². The van der Waals surface area contributed by atoms with E-state index in [0.717, 1.165) is 17.4 Å². The highest BCUT2D eigenvalue weighted by Crippen LogP contribution is 2.24. The summed E-state index contributed by atoms with van der Waals surface area (Å²) < 4.78 is 34.3. The normalized spacial score (nSPS) is 12.5. The van der Waals surface area contributed by atoms with E-state index in [1.807, 2.05) is 6.92 Å². The average molecular weight is 378 g/mol. The number of carbonyl (C=O) groups is 1. The molecule has 1 N–H and O–H groups in total. The molecule has 0 saturated carbocycles. The Balaban J connectivity index is 2.04. The molecule has 7 heteroatoms. The largest absolute Gasteiger partial charge is 0.489 e. The number of ether oxygens (including phenoxy) is 2. The van der Waals surface area contributed by atoms with Gasteiger partial charge in [-0.3, -0.25) is 4.79 Å². The van der Waals surface area contributed by atoms with E-state index in [9.17, 15) is 13.2 Å². The Morgan fingerprint density at radius 3 is 2.42 bits per heavy atom. The van der Waals surface area contributed by atoms with E-state index in [1.165, 1.54) is 0 Å². The maximum Gasteiger partial charge on any atom is 0.306 e. The fraction of sp³-hybridized carbons (Fsp3) is 0.316. The van der Waals surface area contributed by atoms with Gasteiger partial charge in [-0.2, -0.15) is 0 Å². The van der Waals surface area contributed by atoms with Gasteiger partial charge < -0.3 is 14.6 Å². The second-order valence-corrected chi connectivity index (χ2v) is 7.83. The van der Waals surface area contributed by atoms with Crippen LogP contribution in [0.2, 0.25) is 0 Å². The number of hydrogen-bond acceptors (Lipinski definition) is 5. The molecule has 0 aliphatic carbocycles. The monoisotopic (exact) mass is 378 g/mol. The molecular weight excluding hydrogens is 356 g/mol. The van der Waals surface area contributed by atoms with E-state index in [-0.39, 0.29) is 17.9 Å². The summed E-state index contributed by atoms with van der Waals surface area (Å²) >= 11 is 0. The zero-order chi connectivity index (χ0) is 19.2. The zero-order valence-corrected chi connectivity index (χ0v) is 15.5. The van der Waals surface area contributed by atoms with Crippen LogP contribution in [-0.4, -0.2) is 32.4 Å². The predicted molar refractivity (Wildman–Crippen MR) is 96.9 cm³/mol. The van der Waals surface area contributed by atoms with Crippen molar-refractivity contribution < 1.29 is 27.8 Å². The average Bonchev–Trinajstić information content (AvgIpc) is 2.59. The molecule has 2 rings (SSSR count). The molecule has 0 heterocycles. The van der Waals surface area contributed by atoms with Crippen molar-refractivity contribution in [1.29, 1.82) is 0 Å². The second-order valence-electron chi connectivity index (χ2n) is 5.82. The summed E-state index contributed by atoms with van der Waals surface area (Å²) in [4.78, 5) is 11.2. The van der Waals surface area contributed by atoms with Crippen LogP contribution in [0.4, 0.5) is 0 Å². The molecule has 2 aromatic carbocycles. The summed E-state index contributed by atoms with van der Waals surface area (Å²) in [6, 6.07) is 13.6. The van der Waals surface area contributed by atoms with Crippen LogP contribution in [0.1, 0.15) is 30.6 Å². The molecule has 0 aromatic heterocycles. The predicted octanol–water partition coefficient (Wildman–Crippen LogP) is 3.22. The van der Waals surface area contributed by atoms with Crippen molar-refractivity contribution in [3.8, 4) is 5.75 Å². The van der Waals surface area contributed by atoms with Crippen LogP contribution in [0.5, 0.6) is 5.75 Å². The smallest absolute Gasteiger partial charge is 0.306 e. The van der Waals surface area contributed by atoms with Gasteiger partial charge in [0.05, 0.1) is 17.4 Å². The van der Waals surface area contributed by atoms with E-state index in [0.29, 0.717) is 12.4 Å². The minimum atomic E-state index is -3.26. The Bertz CT molecular complexity index is 843. The van der Waals surface area contributed by atoms with Crippen molar-refractivity contribution in [2.45, 2.75) is 31.0 Å². The van der Waals surface area contributed by atoms with Crippen LogP contribution in [0.25, 0.3) is 0 Å². The van der Waals surface area contributed by atoms with Crippen LogP contribution >= 0.6 is 0 Å². The number of rotatable bonds is 9. The highest BCUT2D eigenvalue weighted by molar-refractivity contribution is 7.90. The molecule has 0 radical (unpaired) electrons. The van der Waals surface area contributed by atoms with Gasteiger partial charge in [0.25, 0.3) is 0 Å². The molecule has 1 atom stereocenters. The van der Waals surface area contributed by atoms with Crippen molar-refractivity contribution in [1.82, 2.24) is 0 Å². The van der Waals surface area contributed by atoms with Crippen LogP contribution in [0.3, 0.4) is 0 Å². The maximum atomic E-state index is 11.6. The fourth-order valence-corrected chi connectivity index (χ4v) is 3.14. The molecule has 26 heavy (non-hydrogen) atoms. The zero-order valence-electron chi connectivity index (χ0n) is 14.7. The number of hydrogen-bond donors (Lipinski definition) is 1. The third-order valence-corrected chi connectivity index (χ3v) is 4.82. The highest BCUT2D eigenvalue weighted by Gasteiger charge is 2.15. The van der Waals surface area contributed by atoms with Gasteiger partial charge in [0.15, 0.2) is 9.84 Å². The lowest BCUT2D eigenvalue weighted by atomic mass is 10.1. The van der Waals surface area contributed by atoms with Crippen molar-refractivity contribution >= 4 is 15.8 Å². The third-order valence-electron chi connectivity index (χ3n) is 3.71. The minimum absolute atomic E-state index is 0.105. The fourth-order valence-electron chi connectivity index (χ4n) is 2.44. The molecule has 2 aromatic rings. The van der Waals surface area contributed by atoms with Gasteiger partial charge in [-0.05, 0) is 42.3 Å². The molecule has 0 aliphatic rings. The molecule has 0 aliphatic heterocycles. The van der Waals surface area contributed by atoms with Gasteiger partial charge >= 0.3 is 5.97 Å². The van der Waals surface area contributed by atoms with Gasteiger partial charge in [-0.1, -0.05) is 24.3 Å². The molecular formula is C19H22O6S. The van der Waals surface area contributed by atoms with Crippen molar-refractivity contribution in [2.24, 2.45) is 0 Å². The molecule has 140 valence electrons. The van der Waals surface area contributed by atoms with Gasteiger partial charge in [0, 0.05) is 12.9 Å². The number of carboxylic acids is 1. The summed E-state index contributed by atoms with van der Waals surface area (Å²) in [6.07, 6.45) is 0.558. The Labute approximate surface area is 153 Å². The first-order valence-electron chi connectivity index (χ1n) is 8.14. The van der Waals surface area contributed by atoms with Gasteiger partial charge in [0.1, 0.15) is 12.4 Å². The summed E-state index contributed by atoms with van der Waals surface area (Å²) in [7, 11) is -3.26. The first-order valence-corrected chi connectivity index (χ1v) is 10.0. The Hall–Kier alpha value is -2.38. The van der Waals surface area contributed by atoms with Crippen LogP contribution in [0.15, 0.2) is 53.4 Å². The number of sulfone groups is 1. The van der Waals surface area contributed by atoms with Crippen LogP contribution < -0.4 is 4.74 Å². The second kappa shape index (κ2) is 8.82. The quantitative estimate of drug-likeness (QED) is 0.720. The topological polar surface area (TPSA) is 89.9 Å². The van der Waals surface area contributed by atoms with E-state index in [2.05, 4.69) is 0 Å². The van der Waals surface area contributed by atoms with Crippen LogP contribution in [0, 0.1) is 0 Å². The number of benzene rings is 2. The number of carboxylic acid groups (broad SMARTS) is 1. The lowest BCUT2D eigenvalue weighted by Crippen LogP contribution is -2.10. The third kappa shape index (κ3) is 5.86. The summed E-state index contributed by atoms with van der Waals surface area (Å²) in [5.74, 6) is -0.321. The first kappa shape index (κ1) is 19.9. The van der Waals surface area contributed by atoms with Gasteiger partial charge in [-0.25, -0.2) is 8.42 Å². The Morgan fingerprint density at radius 1 is 1.15 bits per heavy atom. The summed E-state index contributed by atoms with van der Waals surface area (Å²) in [6.45, 7) is 2.47.